The molecule has 2 heterocycles. The van der Waals surface area contributed by atoms with Crippen molar-refractivity contribution in [2.75, 3.05) is 5.32 Å². The van der Waals surface area contributed by atoms with Crippen molar-refractivity contribution in [3.63, 3.8) is 0 Å². The number of nitrogens with zero attached hydrogens (tertiary/aromatic N) is 4. The molecule has 0 aliphatic rings. The lowest BCUT2D eigenvalue weighted by Crippen LogP contribution is -2.18. The van der Waals surface area contributed by atoms with E-state index in [0.717, 1.165) is 5.56 Å². The Hall–Kier alpha value is -3.13. The largest absolute Gasteiger partial charge is 0.368 e. The maximum atomic E-state index is 12.3. The van der Waals surface area contributed by atoms with Crippen molar-refractivity contribution >= 4 is 29.1 Å². The lowest BCUT2D eigenvalue weighted by Gasteiger charge is -2.03. The van der Waals surface area contributed by atoms with E-state index in [1.54, 1.807) is 16.9 Å². The van der Waals surface area contributed by atoms with Crippen LogP contribution in [0.3, 0.4) is 0 Å². The number of anilines is 1. The molecule has 2 aromatic heterocycles. The van der Waals surface area contributed by atoms with Crippen molar-refractivity contribution in [2.24, 2.45) is 5.73 Å². The van der Waals surface area contributed by atoms with Crippen LogP contribution < -0.4 is 11.1 Å². The highest BCUT2D eigenvalue weighted by molar-refractivity contribution is 6.31. The Labute approximate surface area is 148 Å². The predicted molar refractivity (Wildman–Crippen MR) is 92.2 cm³/mol. The molecule has 0 saturated heterocycles. The van der Waals surface area contributed by atoms with Gasteiger partial charge in [-0.15, -0.1) is 0 Å². The molecule has 0 radical (unpaired) electrons. The SMILES string of the molecule is NC(=O)Cn1cc(NC(=O)c2cnn(Cc3ccccc3Cl)c2)cn1. The first-order chi connectivity index (χ1) is 12.0. The molecule has 9 heteroatoms. The zero-order valence-electron chi connectivity index (χ0n) is 13.1. The Morgan fingerprint density at radius 2 is 1.88 bits per heavy atom. The minimum atomic E-state index is -0.512. The van der Waals surface area contributed by atoms with E-state index in [9.17, 15) is 9.59 Å². The second-order valence-electron chi connectivity index (χ2n) is 5.37. The molecule has 0 fully saturated rings. The van der Waals surface area contributed by atoms with Gasteiger partial charge in [0.25, 0.3) is 5.91 Å². The minimum Gasteiger partial charge on any atom is -0.368 e. The van der Waals surface area contributed by atoms with E-state index in [-0.39, 0.29) is 12.5 Å². The maximum absolute atomic E-state index is 12.3. The molecular formula is C16H15ClN6O2. The van der Waals surface area contributed by atoms with Crippen LogP contribution >= 0.6 is 11.6 Å². The standard InChI is InChI=1S/C16H15ClN6O2/c17-14-4-2-1-3-11(14)7-22-8-12(5-19-22)16(25)21-13-6-20-23(9-13)10-15(18)24/h1-6,8-9H,7,10H2,(H2,18,24)(H,21,25). The van der Waals surface area contributed by atoms with E-state index >= 15 is 0 Å². The highest BCUT2D eigenvalue weighted by Gasteiger charge is 2.11. The van der Waals surface area contributed by atoms with E-state index < -0.39 is 5.91 Å². The Morgan fingerprint density at radius 1 is 1.12 bits per heavy atom. The molecule has 0 unspecified atom stereocenters. The van der Waals surface area contributed by atoms with Crippen LogP contribution in [-0.4, -0.2) is 31.4 Å². The molecule has 8 nitrogen and oxygen atoms in total. The Balaban J connectivity index is 1.65. The van der Waals surface area contributed by atoms with Crippen molar-refractivity contribution < 1.29 is 9.59 Å². The van der Waals surface area contributed by atoms with Crippen LogP contribution in [0.1, 0.15) is 15.9 Å². The van der Waals surface area contributed by atoms with Gasteiger partial charge in [0.05, 0.1) is 30.2 Å². The number of halogens is 1. The number of carbonyl (C=O) groups excluding carboxylic acids is 2. The number of nitrogens with two attached hydrogens (primary N) is 1. The summed E-state index contributed by atoms with van der Waals surface area (Å²) in [6, 6.07) is 7.45. The molecule has 0 aliphatic heterocycles. The van der Waals surface area contributed by atoms with Crippen molar-refractivity contribution in [2.45, 2.75) is 13.1 Å². The summed E-state index contributed by atoms with van der Waals surface area (Å²) >= 11 is 6.13. The number of aromatic nitrogens is 4. The molecule has 0 saturated carbocycles. The first kappa shape index (κ1) is 16.7. The van der Waals surface area contributed by atoms with Gasteiger partial charge in [-0.2, -0.15) is 10.2 Å². The van der Waals surface area contributed by atoms with Gasteiger partial charge in [-0.05, 0) is 11.6 Å². The van der Waals surface area contributed by atoms with Crippen LogP contribution in [0.15, 0.2) is 49.1 Å². The lowest BCUT2D eigenvalue weighted by molar-refractivity contribution is -0.118. The van der Waals surface area contributed by atoms with Gasteiger partial charge in [-0.3, -0.25) is 19.0 Å². The molecule has 0 bridgehead atoms. The van der Waals surface area contributed by atoms with Gasteiger partial charge in [-0.1, -0.05) is 29.8 Å². The summed E-state index contributed by atoms with van der Waals surface area (Å²) in [5.74, 6) is -0.842. The quantitative estimate of drug-likeness (QED) is 0.696. The second-order valence-corrected chi connectivity index (χ2v) is 5.77. The normalized spacial score (nSPS) is 10.6. The van der Waals surface area contributed by atoms with Crippen LogP contribution in [0.25, 0.3) is 0 Å². The fraction of sp³-hybridized carbons (Fsp3) is 0.125. The number of amides is 2. The van der Waals surface area contributed by atoms with E-state index in [0.29, 0.717) is 22.8 Å². The third-order valence-corrected chi connectivity index (χ3v) is 3.76. The number of hydrogen-bond acceptors (Lipinski definition) is 4. The van der Waals surface area contributed by atoms with Crippen molar-refractivity contribution in [3.05, 3.63) is 65.2 Å². The number of benzene rings is 1. The summed E-state index contributed by atoms with van der Waals surface area (Å²) in [6.07, 6.45) is 6.07. The summed E-state index contributed by atoms with van der Waals surface area (Å²) in [5.41, 5.74) is 6.87. The highest BCUT2D eigenvalue weighted by atomic mass is 35.5. The summed E-state index contributed by atoms with van der Waals surface area (Å²) in [6.45, 7) is 0.412. The molecule has 3 rings (SSSR count). The number of carbonyl (C=O) groups is 2. The van der Waals surface area contributed by atoms with E-state index in [4.69, 9.17) is 17.3 Å². The molecule has 3 N–H and O–H groups in total. The average molecular weight is 359 g/mol. The van der Waals surface area contributed by atoms with Gasteiger partial charge in [0.15, 0.2) is 0 Å². The van der Waals surface area contributed by atoms with Crippen LogP contribution in [0.5, 0.6) is 0 Å². The Bertz CT molecular complexity index is 917. The van der Waals surface area contributed by atoms with Crippen molar-refractivity contribution in [1.29, 1.82) is 0 Å². The van der Waals surface area contributed by atoms with Crippen LogP contribution in [0.2, 0.25) is 5.02 Å². The molecule has 2 amide bonds. The van der Waals surface area contributed by atoms with E-state index in [1.165, 1.54) is 23.3 Å². The number of rotatable bonds is 6. The van der Waals surface area contributed by atoms with Crippen LogP contribution in [0, 0.1) is 0 Å². The van der Waals surface area contributed by atoms with E-state index in [1.807, 2.05) is 18.2 Å². The number of hydrogen-bond donors (Lipinski definition) is 2. The molecule has 128 valence electrons. The third-order valence-electron chi connectivity index (χ3n) is 3.39. The van der Waals surface area contributed by atoms with Gasteiger partial charge >= 0.3 is 0 Å². The van der Waals surface area contributed by atoms with Gasteiger partial charge in [0.1, 0.15) is 6.54 Å². The zero-order valence-corrected chi connectivity index (χ0v) is 13.8. The van der Waals surface area contributed by atoms with Crippen molar-refractivity contribution in [1.82, 2.24) is 19.6 Å². The molecule has 0 atom stereocenters. The van der Waals surface area contributed by atoms with Crippen LogP contribution in [0.4, 0.5) is 5.69 Å². The topological polar surface area (TPSA) is 108 Å². The summed E-state index contributed by atoms with van der Waals surface area (Å²) < 4.78 is 2.98. The van der Waals surface area contributed by atoms with Crippen molar-refractivity contribution in [3.8, 4) is 0 Å². The zero-order chi connectivity index (χ0) is 17.8. The fourth-order valence-corrected chi connectivity index (χ4v) is 2.44. The first-order valence-corrected chi connectivity index (χ1v) is 7.77. The second kappa shape index (κ2) is 7.18. The molecule has 1 aromatic carbocycles. The molecule has 0 aliphatic carbocycles. The van der Waals surface area contributed by atoms with Gasteiger partial charge in [0, 0.05) is 17.4 Å². The molecule has 0 spiro atoms. The third kappa shape index (κ3) is 4.24. The van der Waals surface area contributed by atoms with Gasteiger partial charge in [-0.25, -0.2) is 0 Å². The smallest absolute Gasteiger partial charge is 0.258 e. The predicted octanol–water partition coefficient (Wildman–Crippen LogP) is 1.52. The molecule has 25 heavy (non-hydrogen) atoms. The summed E-state index contributed by atoms with van der Waals surface area (Å²) in [4.78, 5) is 23.1. The number of primary amides is 1. The monoisotopic (exact) mass is 358 g/mol. The van der Waals surface area contributed by atoms with Crippen LogP contribution in [-0.2, 0) is 17.9 Å². The Morgan fingerprint density at radius 3 is 2.64 bits per heavy atom. The lowest BCUT2D eigenvalue weighted by atomic mass is 10.2. The molecular weight excluding hydrogens is 344 g/mol. The summed E-state index contributed by atoms with van der Waals surface area (Å²) in [7, 11) is 0. The summed E-state index contributed by atoms with van der Waals surface area (Å²) in [5, 5.41) is 11.4. The molecule has 3 aromatic rings. The van der Waals surface area contributed by atoms with Gasteiger partial charge < -0.3 is 11.1 Å². The minimum absolute atomic E-state index is 0.0500. The number of nitrogens with one attached hydrogen (secondary N) is 1. The first-order valence-electron chi connectivity index (χ1n) is 7.39. The fourth-order valence-electron chi connectivity index (χ4n) is 2.25. The Kier molecular flexibility index (Phi) is 4.80. The maximum Gasteiger partial charge on any atom is 0.258 e. The van der Waals surface area contributed by atoms with Gasteiger partial charge in [0.2, 0.25) is 5.91 Å². The highest BCUT2D eigenvalue weighted by Crippen LogP contribution is 2.16. The average Bonchev–Trinajstić information content (AvgIpc) is 3.19. The van der Waals surface area contributed by atoms with E-state index in [2.05, 4.69) is 15.5 Å².